The number of methoxy groups -OCH3 is 1. The Kier molecular flexibility index (Phi) is 4.35. The fraction of sp³-hybridized carbons (Fsp3) is 0.900. The normalized spacial score (nSPS) is 21.1. The molecule has 0 aliphatic carbocycles. The van der Waals surface area contributed by atoms with Crippen molar-refractivity contribution in [1.29, 1.82) is 0 Å². The molecule has 1 aliphatic heterocycles. The lowest BCUT2D eigenvalue weighted by Gasteiger charge is -2.31. The van der Waals surface area contributed by atoms with Gasteiger partial charge in [0.25, 0.3) is 0 Å². The van der Waals surface area contributed by atoms with Gasteiger partial charge in [-0.25, -0.2) is 0 Å². The fourth-order valence-electron chi connectivity index (χ4n) is 1.37. The third kappa shape index (κ3) is 2.96. The summed E-state index contributed by atoms with van der Waals surface area (Å²) in [6, 6.07) is 0. The molecule has 0 aromatic heterocycles. The highest BCUT2D eigenvalue weighted by molar-refractivity contribution is 5.78. The minimum Gasteiger partial charge on any atom is -0.380 e. The first kappa shape index (κ1) is 11.5. The van der Waals surface area contributed by atoms with E-state index in [-0.39, 0.29) is 17.9 Å². The summed E-state index contributed by atoms with van der Waals surface area (Å²) in [7, 11) is 1.65. The molecular weight excluding hydrogens is 180 g/mol. The zero-order chi connectivity index (χ0) is 10.6. The molecule has 0 radical (unpaired) electrons. The van der Waals surface area contributed by atoms with E-state index in [0.29, 0.717) is 12.5 Å². The quantitative estimate of drug-likeness (QED) is 0.656. The molecule has 0 saturated carbocycles. The summed E-state index contributed by atoms with van der Waals surface area (Å²) in [4.78, 5) is 11.6. The van der Waals surface area contributed by atoms with Crippen LogP contribution in [0.25, 0.3) is 0 Å². The second kappa shape index (κ2) is 5.32. The van der Waals surface area contributed by atoms with Crippen LogP contribution in [0.4, 0.5) is 0 Å². The second-order valence-corrected chi connectivity index (χ2v) is 4.00. The highest BCUT2D eigenvalue weighted by Crippen LogP contribution is 2.15. The van der Waals surface area contributed by atoms with Gasteiger partial charge in [0.05, 0.1) is 6.10 Å². The van der Waals surface area contributed by atoms with Gasteiger partial charge in [0.2, 0.25) is 5.91 Å². The number of hydrogen-bond acceptors (Lipinski definition) is 3. The van der Waals surface area contributed by atoms with Gasteiger partial charge in [0.1, 0.15) is 0 Å². The highest BCUT2D eigenvalue weighted by atomic mass is 16.5. The monoisotopic (exact) mass is 200 g/mol. The van der Waals surface area contributed by atoms with E-state index in [1.54, 1.807) is 7.11 Å². The molecule has 1 aliphatic rings. The molecule has 82 valence electrons. The van der Waals surface area contributed by atoms with Crippen molar-refractivity contribution in [3.63, 3.8) is 0 Å². The molecule has 2 N–H and O–H groups in total. The van der Waals surface area contributed by atoms with Crippen molar-refractivity contribution in [2.75, 3.05) is 26.7 Å². The minimum absolute atomic E-state index is 0.0886. The Labute approximate surface area is 85.4 Å². The molecule has 1 fully saturated rings. The maximum absolute atomic E-state index is 11.6. The molecule has 0 bridgehead atoms. The van der Waals surface area contributed by atoms with Crippen LogP contribution < -0.4 is 10.6 Å². The first-order valence-electron chi connectivity index (χ1n) is 5.16. The molecule has 2 atom stereocenters. The number of amides is 1. The molecule has 0 spiro atoms. The lowest BCUT2D eigenvalue weighted by atomic mass is 9.88. The summed E-state index contributed by atoms with van der Waals surface area (Å²) >= 11 is 0. The smallest absolute Gasteiger partial charge is 0.223 e. The Morgan fingerprint density at radius 1 is 1.57 bits per heavy atom. The molecule has 1 heterocycles. The van der Waals surface area contributed by atoms with E-state index in [0.717, 1.165) is 13.1 Å². The SMILES string of the molecule is COC(C)CNC(=O)C(C)C1CNC1. The van der Waals surface area contributed by atoms with Gasteiger partial charge in [-0.15, -0.1) is 0 Å². The molecule has 0 aromatic carbocycles. The Morgan fingerprint density at radius 3 is 2.64 bits per heavy atom. The van der Waals surface area contributed by atoms with Gasteiger partial charge in [-0.3, -0.25) is 4.79 Å². The van der Waals surface area contributed by atoms with Crippen LogP contribution >= 0.6 is 0 Å². The topological polar surface area (TPSA) is 50.4 Å². The molecule has 4 heteroatoms. The van der Waals surface area contributed by atoms with Crippen molar-refractivity contribution in [3.05, 3.63) is 0 Å². The average molecular weight is 200 g/mol. The third-order valence-electron chi connectivity index (χ3n) is 2.90. The van der Waals surface area contributed by atoms with E-state index in [1.165, 1.54) is 0 Å². The van der Waals surface area contributed by atoms with E-state index < -0.39 is 0 Å². The lowest BCUT2D eigenvalue weighted by Crippen LogP contribution is -2.50. The van der Waals surface area contributed by atoms with Crippen LogP contribution in [-0.4, -0.2) is 38.8 Å². The Balaban J connectivity index is 2.19. The van der Waals surface area contributed by atoms with Gasteiger partial charge in [-0.2, -0.15) is 0 Å². The predicted molar refractivity (Wildman–Crippen MR) is 55.0 cm³/mol. The zero-order valence-corrected chi connectivity index (χ0v) is 9.17. The molecule has 1 rings (SSSR count). The van der Waals surface area contributed by atoms with Crippen molar-refractivity contribution in [2.24, 2.45) is 11.8 Å². The Hall–Kier alpha value is -0.610. The van der Waals surface area contributed by atoms with Crippen molar-refractivity contribution in [1.82, 2.24) is 10.6 Å². The summed E-state index contributed by atoms with van der Waals surface area (Å²) in [5, 5.41) is 6.06. The molecule has 1 saturated heterocycles. The summed E-state index contributed by atoms with van der Waals surface area (Å²) in [5.74, 6) is 0.758. The van der Waals surface area contributed by atoms with Crippen LogP contribution in [0, 0.1) is 11.8 Å². The van der Waals surface area contributed by atoms with Gasteiger partial charge in [0, 0.05) is 19.6 Å². The van der Waals surface area contributed by atoms with Crippen LogP contribution in [0.3, 0.4) is 0 Å². The number of carbonyl (C=O) groups excluding carboxylic acids is 1. The van der Waals surface area contributed by atoms with Gasteiger partial charge in [0.15, 0.2) is 0 Å². The first-order chi connectivity index (χ1) is 6.65. The van der Waals surface area contributed by atoms with E-state index >= 15 is 0 Å². The zero-order valence-electron chi connectivity index (χ0n) is 9.17. The van der Waals surface area contributed by atoms with Crippen LogP contribution in [0.2, 0.25) is 0 Å². The molecule has 4 nitrogen and oxygen atoms in total. The van der Waals surface area contributed by atoms with E-state index in [1.807, 2.05) is 13.8 Å². The number of rotatable bonds is 5. The van der Waals surface area contributed by atoms with Crippen LogP contribution in [-0.2, 0) is 9.53 Å². The number of hydrogen-bond donors (Lipinski definition) is 2. The van der Waals surface area contributed by atoms with Crippen LogP contribution in [0.15, 0.2) is 0 Å². The molecule has 0 aromatic rings. The summed E-state index contributed by atoms with van der Waals surface area (Å²) in [5.41, 5.74) is 0. The first-order valence-corrected chi connectivity index (χ1v) is 5.16. The van der Waals surface area contributed by atoms with Crippen LogP contribution in [0.1, 0.15) is 13.8 Å². The highest BCUT2D eigenvalue weighted by Gasteiger charge is 2.28. The van der Waals surface area contributed by atoms with Gasteiger partial charge < -0.3 is 15.4 Å². The molecule has 2 unspecified atom stereocenters. The predicted octanol–water partition coefficient (Wildman–Crippen LogP) is -0.00700. The maximum Gasteiger partial charge on any atom is 0.223 e. The van der Waals surface area contributed by atoms with E-state index in [2.05, 4.69) is 10.6 Å². The van der Waals surface area contributed by atoms with E-state index in [9.17, 15) is 4.79 Å². The average Bonchev–Trinajstić information content (AvgIpc) is 2.10. The van der Waals surface area contributed by atoms with Crippen molar-refractivity contribution < 1.29 is 9.53 Å². The van der Waals surface area contributed by atoms with Crippen molar-refractivity contribution in [2.45, 2.75) is 20.0 Å². The lowest BCUT2D eigenvalue weighted by molar-refractivity contribution is -0.127. The number of carbonyl (C=O) groups is 1. The Morgan fingerprint density at radius 2 is 2.21 bits per heavy atom. The standard InChI is InChI=1S/C10H20N2O2/c1-7(14-3)4-12-10(13)8(2)9-5-11-6-9/h7-9,11H,4-6H2,1-3H3,(H,12,13). The second-order valence-electron chi connectivity index (χ2n) is 4.00. The summed E-state index contributed by atoms with van der Waals surface area (Å²) in [6.07, 6.45) is 0.0886. The summed E-state index contributed by atoms with van der Waals surface area (Å²) in [6.45, 7) is 6.46. The number of nitrogens with one attached hydrogen (secondary N) is 2. The van der Waals surface area contributed by atoms with Gasteiger partial charge in [-0.05, 0) is 25.9 Å². The summed E-state index contributed by atoms with van der Waals surface area (Å²) < 4.78 is 5.05. The third-order valence-corrected chi connectivity index (χ3v) is 2.90. The largest absolute Gasteiger partial charge is 0.380 e. The van der Waals surface area contributed by atoms with Crippen molar-refractivity contribution in [3.8, 4) is 0 Å². The molecule has 14 heavy (non-hydrogen) atoms. The van der Waals surface area contributed by atoms with Gasteiger partial charge in [-0.1, -0.05) is 6.92 Å². The molecule has 1 amide bonds. The van der Waals surface area contributed by atoms with Gasteiger partial charge >= 0.3 is 0 Å². The van der Waals surface area contributed by atoms with Crippen molar-refractivity contribution >= 4 is 5.91 Å². The van der Waals surface area contributed by atoms with E-state index in [4.69, 9.17) is 4.74 Å². The fourth-order valence-corrected chi connectivity index (χ4v) is 1.37. The Bertz CT molecular complexity index is 193. The maximum atomic E-state index is 11.6. The van der Waals surface area contributed by atoms with Crippen LogP contribution in [0.5, 0.6) is 0 Å². The molecular formula is C10H20N2O2. The minimum atomic E-state index is 0.0886. The number of ether oxygens (including phenoxy) is 1.